The van der Waals surface area contributed by atoms with Crippen LogP contribution in [0.3, 0.4) is 0 Å². The molecule has 1 saturated carbocycles. The molecule has 1 aliphatic heterocycles. The van der Waals surface area contributed by atoms with E-state index in [1.807, 2.05) is 0 Å². The van der Waals surface area contributed by atoms with Crippen LogP contribution in [-0.4, -0.2) is 36.1 Å². The second-order valence-electron chi connectivity index (χ2n) is 6.52. The van der Waals surface area contributed by atoms with Gasteiger partial charge in [0.25, 0.3) is 0 Å². The number of nitrogens with one attached hydrogen (secondary N) is 2. The Bertz CT molecular complexity index is 391. The van der Waals surface area contributed by atoms with Gasteiger partial charge in [-0.05, 0) is 52.1 Å². The van der Waals surface area contributed by atoms with Crippen molar-refractivity contribution in [2.75, 3.05) is 13.1 Å². The van der Waals surface area contributed by atoms with Gasteiger partial charge in [0.1, 0.15) is 0 Å². The highest BCUT2D eigenvalue weighted by Crippen LogP contribution is 2.40. The summed E-state index contributed by atoms with van der Waals surface area (Å²) in [5.41, 5.74) is -1.12. The Balaban J connectivity index is 2.08. The van der Waals surface area contributed by atoms with Crippen molar-refractivity contribution in [1.29, 1.82) is 0 Å². The van der Waals surface area contributed by atoms with Gasteiger partial charge in [0.05, 0.1) is 10.8 Å². The number of rotatable bonds is 4. The van der Waals surface area contributed by atoms with Gasteiger partial charge in [0.2, 0.25) is 5.91 Å². The van der Waals surface area contributed by atoms with Gasteiger partial charge in [-0.25, -0.2) is 0 Å². The van der Waals surface area contributed by atoms with E-state index in [1.54, 1.807) is 6.92 Å². The molecule has 114 valence electrons. The highest BCUT2D eigenvalue weighted by atomic mass is 16.4. The van der Waals surface area contributed by atoms with E-state index in [9.17, 15) is 14.7 Å². The third kappa shape index (κ3) is 2.55. The van der Waals surface area contributed by atoms with Crippen molar-refractivity contribution in [3.05, 3.63) is 0 Å². The molecule has 0 aromatic carbocycles. The monoisotopic (exact) mass is 282 g/mol. The Morgan fingerprint density at radius 2 is 1.95 bits per heavy atom. The van der Waals surface area contributed by atoms with Crippen molar-refractivity contribution in [3.8, 4) is 0 Å². The number of amides is 1. The fourth-order valence-corrected chi connectivity index (χ4v) is 3.61. The SMILES string of the molecule is CCC1(C(=O)NC2CCCC2(C)C(=O)O)CCNCC1. The minimum absolute atomic E-state index is 0.0564. The van der Waals surface area contributed by atoms with Crippen LogP contribution in [0.15, 0.2) is 0 Å². The third-order valence-corrected chi connectivity index (χ3v) is 5.47. The van der Waals surface area contributed by atoms with E-state index in [0.717, 1.165) is 45.2 Å². The van der Waals surface area contributed by atoms with E-state index in [2.05, 4.69) is 17.6 Å². The average Bonchev–Trinajstić information content (AvgIpc) is 2.82. The molecule has 0 radical (unpaired) electrons. The molecule has 2 rings (SSSR count). The Hall–Kier alpha value is -1.10. The second-order valence-corrected chi connectivity index (χ2v) is 6.52. The molecule has 5 heteroatoms. The van der Waals surface area contributed by atoms with Crippen molar-refractivity contribution in [2.24, 2.45) is 10.8 Å². The van der Waals surface area contributed by atoms with Gasteiger partial charge < -0.3 is 15.7 Å². The lowest BCUT2D eigenvalue weighted by Crippen LogP contribution is -2.54. The molecule has 2 unspecified atom stereocenters. The molecule has 1 amide bonds. The zero-order chi connectivity index (χ0) is 14.8. The first-order valence-electron chi connectivity index (χ1n) is 7.70. The van der Waals surface area contributed by atoms with Crippen LogP contribution in [0.5, 0.6) is 0 Å². The number of hydrogen-bond donors (Lipinski definition) is 3. The van der Waals surface area contributed by atoms with Crippen LogP contribution in [0.1, 0.15) is 52.4 Å². The minimum Gasteiger partial charge on any atom is -0.481 e. The first-order valence-corrected chi connectivity index (χ1v) is 7.70. The zero-order valence-electron chi connectivity index (χ0n) is 12.5. The standard InChI is InChI=1S/C15H26N2O3/c1-3-15(7-9-16-10-8-15)12(18)17-11-5-4-6-14(11,2)13(19)20/h11,16H,3-10H2,1-2H3,(H,17,18)(H,19,20). The Labute approximate surface area is 120 Å². The number of carboxylic acids is 1. The Morgan fingerprint density at radius 3 is 2.50 bits per heavy atom. The van der Waals surface area contributed by atoms with Crippen LogP contribution < -0.4 is 10.6 Å². The number of carbonyl (C=O) groups excluding carboxylic acids is 1. The molecule has 2 fully saturated rings. The lowest BCUT2D eigenvalue weighted by Gasteiger charge is -2.38. The minimum atomic E-state index is -0.808. The lowest BCUT2D eigenvalue weighted by molar-refractivity contribution is -0.149. The van der Waals surface area contributed by atoms with Crippen LogP contribution in [-0.2, 0) is 9.59 Å². The van der Waals surface area contributed by atoms with Crippen molar-refractivity contribution in [3.63, 3.8) is 0 Å². The summed E-state index contributed by atoms with van der Waals surface area (Å²) in [6.07, 6.45) is 4.78. The first-order chi connectivity index (χ1) is 9.44. The number of piperidine rings is 1. The fourth-order valence-electron chi connectivity index (χ4n) is 3.61. The van der Waals surface area contributed by atoms with Gasteiger partial charge >= 0.3 is 5.97 Å². The van der Waals surface area contributed by atoms with Crippen molar-refractivity contribution in [1.82, 2.24) is 10.6 Å². The molecule has 3 N–H and O–H groups in total. The van der Waals surface area contributed by atoms with Crippen LogP contribution >= 0.6 is 0 Å². The number of aliphatic carboxylic acids is 1. The highest BCUT2D eigenvalue weighted by molar-refractivity contribution is 5.84. The van der Waals surface area contributed by atoms with Crippen molar-refractivity contribution >= 4 is 11.9 Å². The molecule has 0 spiro atoms. The maximum atomic E-state index is 12.7. The third-order valence-electron chi connectivity index (χ3n) is 5.47. The molecule has 5 nitrogen and oxygen atoms in total. The van der Waals surface area contributed by atoms with Crippen LogP contribution in [0.2, 0.25) is 0 Å². The van der Waals surface area contributed by atoms with Gasteiger partial charge in [-0.3, -0.25) is 9.59 Å². The highest BCUT2D eigenvalue weighted by Gasteiger charge is 2.48. The maximum absolute atomic E-state index is 12.7. The molecule has 1 saturated heterocycles. The Kier molecular flexibility index (Phi) is 4.37. The summed E-state index contributed by atoms with van der Waals surface area (Å²) < 4.78 is 0. The van der Waals surface area contributed by atoms with Gasteiger partial charge in [0, 0.05) is 6.04 Å². The van der Waals surface area contributed by atoms with Crippen LogP contribution in [0.4, 0.5) is 0 Å². The number of carboxylic acid groups (broad SMARTS) is 1. The maximum Gasteiger partial charge on any atom is 0.311 e. The summed E-state index contributed by atoms with van der Waals surface area (Å²) in [5, 5.41) is 15.8. The molecular weight excluding hydrogens is 256 g/mol. The summed E-state index contributed by atoms with van der Waals surface area (Å²) in [6, 6.07) is -0.231. The topological polar surface area (TPSA) is 78.4 Å². The lowest BCUT2D eigenvalue weighted by atomic mass is 9.75. The van der Waals surface area contributed by atoms with E-state index in [1.165, 1.54) is 0 Å². The number of carbonyl (C=O) groups is 2. The van der Waals surface area contributed by atoms with Gasteiger partial charge in [-0.1, -0.05) is 13.3 Å². The first kappa shape index (κ1) is 15.3. The molecular formula is C15H26N2O3. The summed E-state index contributed by atoms with van der Waals surface area (Å²) in [7, 11) is 0. The summed E-state index contributed by atoms with van der Waals surface area (Å²) in [5.74, 6) is -0.739. The predicted molar refractivity (Wildman–Crippen MR) is 76.4 cm³/mol. The fraction of sp³-hybridized carbons (Fsp3) is 0.867. The van der Waals surface area contributed by atoms with Gasteiger partial charge in [0.15, 0.2) is 0 Å². The molecule has 0 aromatic heterocycles. The van der Waals surface area contributed by atoms with Crippen molar-refractivity contribution < 1.29 is 14.7 Å². The molecule has 20 heavy (non-hydrogen) atoms. The van der Waals surface area contributed by atoms with E-state index in [0.29, 0.717) is 6.42 Å². The normalized spacial score (nSPS) is 32.8. The molecule has 1 aliphatic carbocycles. The van der Waals surface area contributed by atoms with E-state index >= 15 is 0 Å². The van der Waals surface area contributed by atoms with E-state index < -0.39 is 11.4 Å². The smallest absolute Gasteiger partial charge is 0.311 e. The van der Waals surface area contributed by atoms with Crippen LogP contribution in [0, 0.1) is 10.8 Å². The van der Waals surface area contributed by atoms with Crippen LogP contribution in [0.25, 0.3) is 0 Å². The summed E-state index contributed by atoms with van der Waals surface area (Å²) in [4.78, 5) is 24.2. The Morgan fingerprint density at radius 1 is 1.30 bits per heavy atom. The quantitative estimate of drug-likeness (QED) is 0.730. The second kappa shape index (κ2) is 5.72. The molecule has 2 aliphatic rings. The van der Waals surface area contributed by atoms with E-state index in [4.69, 9.17) is 0 Å². The number of hydrogen-bond acceptors (Lipinski definition) is 3. The summed E-state index contributed by atoms with van der Waals surface area (Å²) in [6.45, 7) is 5.54. The largest absolute Gasteiger partial charge is 0.481 e. The molecule has 1 heterocycles. The summed E-state index contributed by atoms with van der Waals surface area (Å²) >= 11 is 0. The van der Waals surface area contributed by atoms with E-state index in [-0.39, 0.29) is 17.4 Å². The van der Waals surface area contributed by atoms with Gasteiger partial charge in [-0.2, -0.15) is 0 Å². The molecule has 0 aromatic rings. The molecule has 2 atom stereocenters. The van der Waals surface area contributed by atoms with Crippen molar-refractivity contribution in [2.45, 2.75) is 58.4 Å². The zero-order valence-corrected chi connectivity index (χ0v) is 12.5. The predicted octanol–water partition coefficient (Wildman–Crippen LogP) is 1.53. The average molecular weight is 282 g/mol. The molecule has 0 bridgehead atoms. The van der Waals surface area contributed by atoms with Gasteiger partial charge in [-0.15, -0.1) is 0 Å².